The van der Waals surface area contributed by atoms with Gasteiger partial charge in [-0.15, -0.1) is 0 Å². The molecule has 4 rings (SSSR count). The van der Waals surface area contributed by atoms with Crippen LogP contribution in [0.15, 0.2) is 36.8 Å². The summed E-state index contributed by atoms with van der Waals surface area (Å²) >= 11 is 0. The molecule has 2 aliphatic rings. The smallest absolute Gasteiger partial charge is 0.128 e. The molecule has 1 aliphatic heterocycles. The van der Waals surface area contributed by atoms with Gasteiger partial charge in [0.05, 0.1) is 0 Å². The second-order valence-electron chi connectivity index (χ2n) is 6.35. The van der Waals surface area contributed by atoms with Crippen molar-refractivity contribution in [1.82, 2.24) is 14.5 Å². The molecule has 21 heavy (non-hydrogen) atoms. The molecule has 1 aliphatic carbocycles. The van der Waals surface area contributed by atoms with Crippen molar-refractivity contribution in [3.05, 3.63) is 42.6 Å². The van der Waals surface area contributed by atoms with E-state index in [0.717, 1.165) is 31.4 Å². The average Bonchev–Trinajstić information content (AvgIpc) is 3.24. The molecule has 0 bridgehead atoms. The Labute approximate surface area is 125 Å². The molecular formula is C17H22N4. The molecule has 3 heterocycles. The van der Waals surface area contributed by atoms with Crippen molar-refractivity contribution in [2.24, 2.45) is 5.92 Å². The molecule has 0 spiro atoms. The van der Waals surface area contributed by atoms with Crippen LogP contribution in [-0.2, 0) is 6.54 Å². The second kappa shape index (κ2) is 5.51. The molecule has 0 radical (unpaired) electrons. The molecule has 4 heteroatoms. The van der Waals surface area contributed by atoms with Gasteiger partial charge < -0.3 is 9.47 Å². The molecule has 1 atom stereocenters. The Bertz CT molecular complexity index is 588. The second-order valence-corrected chi connectivity index (χ2v) is 6.35. The molecule has 0 unspecified atom stereocenters. The molecule has 2 aromatic rings. The van der Waals surface area contributed by atoms with Crippen molar-refractivity contribution >= 4 is 5.82 Å². The highest BCUT2D eigenvalue weighted by Gasteiger charge is 2.28. The predicted octanol–water partition coefficient (Wildman–Crippen LogP) is 3.07. The van der Waals surface area contributed by atoms with Gasteiger partial charge in [-0.1, -0.05) is 6.07 Å². The minimum Gasteiger partial charge on any atom is -0.356 e. The fourth-order valence-corrected chi connectivity index (χ4v) is 3.35. The molecule has 0 amide bonds. The van der Waals surface area contributed by atoms with Gasteiger partial charge in [0.25, 0.3) is 0 Å². The van der Waals surface area contributed by atoms with E-state index in [1.165, 1.54) is 31.5 Å². The summed E-state index contributed by atoms with van der Waals surface area (Å²) in [7, 11) is 0. The minimum atomic E-state index is 0.537. The lowest BCUT2D eigenvalue weighted by atomic mass is 9.97. The van der Waals surface area contributed by atoms with Crippen LogP contribution in [0.1, 0.15) is 37.4 Å². The number of anilines is 1. The van der Waals surface area contributed by atoms with E-state index in [-0.39, 0.29) is 0 Å². The third-order valence-corrected chi connectivity index (χ3v) is 4.66. The van der Waals surface area contributed by atoms with Crippen molar-refractivity contribution in [1.29, 1.82) is 0 Å². The summed E-state index contributed by atoms with van der Waals surface area (Å²) < 4.78 is 2.39. The van der Waals surface area contributed by atoms with E-state index in [4.69, 9.17) is 0 Å². The zero-order chi connectivity index (χ0) is 14.1. The number of piperidine rings is 1. The number of imidazole rings is 1. The van der Waals surface area contributed by atoms with E-state index >= 15 is 0 Å². The van der Waals surface area contributed by atoms with Crippen molar-refractivity contribution in [2.75, 3.05) is 18.0 Å². The van der Waals surface area contributed by atoms with Gasteiger partial charge in [0.2, 0.25) is 0 Å². The van der Waals surface area contributed by atoms with E-state index in [0.29, 0.717) is 5.92 Å². The van der Waals surface area contributed by atoms with Crippen LogP contribution in [-0.4, -0.2) is 27.6 Å². The van der Waals surface area contributed by atoms with Crippen LogP contribution >= 0.6 is 0 Å². The zero-order valence-electron chi connectivity index (χ0n) is 12.4. The van der Waals surface area contributed by atoms with Crippen LogP contribution in [0.4, 0.5) is 5.82 Å². The fraction of sp³-hybridized carbons (Fsp3) is 0.529. The Hall–Kier alpha value is -1.84. The molecule has 2 aromatic heterocycles. The Morgan fingerprint density at radius 1 is 1.10 bits per heavy atom. The van der Waals surface area contributed by atoms with Crippen molar-refractivity contribution in [3.8, 4) is 0 Å². The monoisotopic (exact) mass is 282 g/mol. The molecule has 1 saturated carbocycles. The molecular weight excluding hydrogens is 260 g/mol. The van der Waals surface area contributed by atoms with Crippen molar-refractivity contribution < 1.29 is 0 Å². The lowest BCUT2D eigenvalue weighted by molar-refractivity contribution is 0.462. The SMILES string of the molecule is c1ccc(N2CCC[C@H](c3nccn3CC3CC3)C2)nc1. The molecule has 0 aromatic carbocycles. The van der Waals surface area contributed by atoms with Gasteiger partial charge in [0.15, 0.2) is 0 Å². The Kier molecular flexibility index (Phi) is 3.37. The normalized spacial score (nSPS) is 22.5. The summed E-state index contributed by atoms with van der Waals surface area (Å²) in [6.45, 7) is 3.31. The maximum absolute atomic E-state index is 4.66. The largest absolute Gasteiger partial charge is 0.356 e. The first kappa shape index (κ1) is 12.9. The molecule has 0 N–H and O–H groups in total. The maximum Gasteiger partial charge on any atom is 0.128 e. The number of nitrogens with zero attached hydrogens (tertiary/aromatic N) is 4. The summed E-state index contributed by atoms with van der Waals surface area (Å²) in [5.41, 5.74) is 0. The number of rotatable bonds is 4. The Morgan fingerprint density at radius 2 is 2.05 bits per heavy atom. The lowest BCUT2D eigenvalue weighted by Crippen LogP contribution is -2.35. The van der Waals surface area contributed by atoms with E-state index in [9.17, 15) is 0 Å². The number of aromatic nitrogens is 3. The quantitative estimate of drug-likeness (QED) is 0.864. The number of pyridine rings is 1. The topological polar surface area (TPSA) is 34.0 Å². The summed E-state index contributed by atoms with van der Waals surface area (Å²) in [5, 5.41) is 0. The van der Waals surface area contributed by atoms with Crippen molar-refractivity contribution in [3.63, 3.8) is 0 Å². The van der Waals surface area contributed by atoms with E-state index < -0.39 is 0 Å². The molecule has 2 fully saturated rings. The highest BCUT2D eigenvalue weighted by molar-refractivity contribution is 5.39. The Morgan fingerprint density at radius 3 is 2.86 bits per heavy atom. The summed E-state index contributed by atoms with van der Waals surface area (Å²) in [4.78, 5) is 11.6. The van der Waals surface area contributed by atoms with Crippen LogP contribution in [0.2, 0.25) is 0 Å². The van der Waals surface area contributed by atoms with E-state index in [2.05, 4.69) is 37.8 Å². The van der Waals surface area contributed by atoms with Gasteiger partial charge in [-0.05, 0) is 43.7 Å². The summed E-state index contributed by atoms with van der Waals surface area (Å²) in [5.74, 6) is 3.81. The lowest BCUT2D eigenvalue weighted by Gasteiger charge is -2.33. The highest BCUT2D eigenvalue weighted by atomic mass is 15.2. The average molecular weight is 282 g/mol. The van der Waals surface area contributed by atoms with E-state index in [1.54, 1.807) is 0 Å². The molecule has 110 valence electrons. The third-order valence-electron chi connectivity index (χ3n) is 4.66. The highest BCUT2D eigenvalue weighted by Crippen LogP contribution is 2.33. The zero-order valence-corrected chi connectivity index (χ0v) is 12.4. The van der Waals surface area contributed by atoms with Crippen LogP contribution < -0.4 is 4.90 Å². The molecule has 4 nitrogen and oxygen atoms in total. The van der Waals surface area contributed by atoms with Crippen LogP contribution in [0.25, 0.3) is 0 Å². The van der Waals surface area contributed by atoms with Crippen molar-refractivity contribution in [2.45, 2.75) is 38.1 Å². The van der Waals surface area contributed by atoms with Crippen LogP contribution in [0, 0.1) is 5.92 Å². The van der Waals surface area contributed by atoms with Gasteiger partial charge in [0.1, 0.15) is 11.6 Å². The van der Waals surface area contributed by atoms with Gasteiger partial charge >= 0.3 is 0 Å². The van der Waals surface area contributed by atoms with Gasteiger partial charge in [-0.2, -0.15) is 0 Å². The number of hydrogen-bond donors (Lipinski definition) is 0. The minimum absolute atomic E-state index is 0.537. The van der Waals surface area contributed by atoms with Crippen LogP contribution in [0.3, 0.4) is 0 Å². The van der Waals surface area contributed by atoms with E-state index in [1.807, 2.05) is 18.5 Å². The predicted molar refractivity (Wildman–Crippen MR) is 83.4 cm³/mol. The summed E-state index contributed by atoms with van der Waals surface area (Å²) in [6.07, 6.45) is 11.3. The van der Waals surface area contributed by atoms with Gasteiger partial charge in [-0.3, -0.25) is 0 Å². The molecule has 1 saturated heterocycles. The standard InChI is InChI=1S/C17H22N4/c1-2-8-18-16(5-1)20-10-3-4-15(13-20)17-19-9-11-21(17)12-14-6-7-14/h1-2,5,8-9,11,14-15H,3-4,6-7,10,12-13H2/t15-/m0/s1. The third kappa shape index (κ3) is 2.80. The number of hydrogen-bond acceptors (Lipinski definition) is 3. The first-order chi connectivity index (χ1) is 10.4. The fourth-order valence-electron chi connectivity index (χ4n) is 3.35. The van der Waals surface area contributed by atoms with Crippen LogP contribution in [0.5, 0.6) is 0 Å². The Balaban J connectivity index is 1.51. The van der Waals surface area contributed by atoms with Gasteiger partial charge in [-0.25, -0.2) is 9.97 Å². The summed E-state index contributed by atoms with van der Waals surface area (Å²) in [6, 6.07) is 6.16. The first-order valence-electron chi connectivity index (χ1n) is 8.07. The van der Waals surface area contributed by atoms with Gasteiger partial charge in [0, 0.05) is 44.1 Å². The maximum atomic E-state index is 4.66. The first-order valence-corrected chi connectivity index (χ1v) is 8.07.